The molecule has 2 amide bonds. The van der Waals surface area contributed by atoms with E-state index in [4.69, 9.17) is 39.5 Å². The van der Waals surface area contributed by atoms with Crippen molar-refractivity contribution in [1.82, 2.24) is 0 Å². The molecule has 2 N–H and O–H groups in total. The maximum absolute atomic E-state index is 13.0. The molecule has 6 nitrogen and oxygen atoms in total. The lowest BCUT2D eigenvalue weighted by Gasteiger charge is -2.09. The van der Waals surface area contributed by atoms with Gasteiger partial charge in [0.15, 0.2) is 0 Å². The summed E-state index contributed by atoms with van der Waals surface area (Å²) in [5, 5.41) is 6.70. The maximum atomic E-state index is 13.0. The Morgan fingerprint density at radius 2 is 1.67 bits per heavy atom. The molecule has 33 heavy (non-hydrogen) atoms. The summed E-state index contributed by atoms with van der Waals surface area (Å²) in [6, 6.07) is 9.60. The van der Waals surface area contributed by atoms with Crippen LogP contribution in [0.5, 0.6) is 0 Å². The number of thiophene rings is 1. The number of carbonyl (C=O) groups is 3. The Balaban J connectivity index is 1.98. The van der Waals surface area contributed by atoms with E-state index in [2.05, 4.69) is 10.6 Å². The highest BCUT2D eigenvalue weighted by molar-refractivity contribution is 7.19. The molecule has 0 bridgehead atoms. The van der Waals surface area contributed by atoms with Crippen LogP contribution in [0.2, 0.25) is 15.1 Å². The molecule has 3 rings (SSSR count). The number of esters is 1. The van der Waals surface area contributed by atoms with Gasteiger partial charge in [-0.15, -0.1) is 11.3 Å². The average Bonchev–Trinajstić information content (AvgIpc) is 3.07. The van der Waals surface area contributed by atoms with E-state index in [0.29, 0.717) is 26.9 Å². The lowest BCUT2D eigenvalue weighted by molar-refractivity contribution is 0.0527. The molecule has 0 saturated heterocycles. The molecule has 172 valence electrons. The van der Waals surface area contributed by atoms with Crippen molar-refractivity contribution in [3.8, 4) is 0 Å². The fourth-order valence-corrected chi connectivity index (χ4v) is 4.79. The zero-order valence-corrected chi connectivity index (χ0v) is 20.9. The standard InChI is InChI=1S/C23H19Cl3N2O4S/c1-4-32-23(31)18-12(3)19(21(30)27-17-7-5-6-15(25)11(17)2)33-22(18)28-20(29)14-9-8-13(24)10-16(14)26/h5-10H,4H2,1-3H3,(H,27,30)(H,28,29). The van der Waals surface area contributed by atoms with Gasteiger partial charge in [-0.2, -0.15) is 0 Å². The zero-order chi connectivity index (χ0) is 24.3. The van der Waals surface area contributed by atoms with Crippen molar-refractivity contribution in [2.45, 2.75) is 20.8 Å². The van der Waals surface area contributed by atoms with Gasteiger partial charge in [0.1, 0.15) is 5.00 Å². The molecule has 2 aromatic carbocycles. The number of anilines is 2. The first-order chi connectivity index (χ1) is 15.6. The SMILES string of the molecule is CCOC(=O)c1c(NC(=O)c2ccc(Cl)cc2Cl)sc(C(=O)Nc2cccc(Cl)c2C)c1C. The minimum absolute atomic E-state index is 0.105. The largest absolute Gasteiger partial charge is 0.462 e. The van der Waals surface area contributed by atoms with E-state index in [-0.39, 0.29) is 32.6 Å². The molecule has 1 aromatic heterocycles. The minimum Gasteiger partial charge on any atom is -0.462 e. The van der Waals surface area contributed by atoms with E-state index >= 15 is 0 Å². The third kappa shape index (κ3) is 5.50. The van der Waals surface area contributed by atoms with E-state index < -0.39 is 17.8 Å². The van der Waals surface area contributed by atoms with Crippen LogP contribution in [-0.2, 0) is 4.74 Å². The Bertz CT molecular complexity index is 1260. The summed E-state index contributed by atoms with van der Waals surface area (Å²) >= 11 is 19.1. The first-order valence-electron chi connectivity index (χ1n) is 9.77. The summed E-state index contributed by atoms with van der Waals surface area (Å²) in [4.78, 5) is 38.8. The van der Waals surface area contributed by atoms with Crippen molar-refractivity contribution in [2.75, 3.05) is 17.2 Å². The van der Waals surface area contributed by atoms with Gasteiger partial charge < -0.3 is 15.4 Å². The number of nitrogens with one attached hydrogen (secondary N) is 2. The molecule has 0 saturated carbocycles. The number of halogens is 3. The fourth-order valence-electron chi connectivity index (χ4n) is 3.03. The number of amides is 2. The normalized spacial score (nSPS) is 10.6. The van der Waals surface area contributed by atoms with Crippen LogP contribution in [0.3, 0.4) is 0 Å². The molecule has 10 heteroatoms. The van der Waals surface area contributed by atoms with Crippen molar-refractivity contribution in [3.05, 3.63) is 78.6 Å². The Labute approximate surface area is 209 Å². The van der Waals surface area contributed by atoms with Gasteiger partial charge in [0.25, 0.3) is 11.8 Å². The predicted octanol–water partition coefficient (Wildman–Crippen LogP) is 7.01. The van der Waals surface area contributed by atoms with Crippen molar-refractivity contribution in [3.63, 3.8) is 0 Å². The molecule has 0 unspecified atom stereocenters. The molecule has 0 radical (unpaired) electrons. The van der Waals surface area contributed by atoms with Gasteiger partial charge in [-0.05, 0) is 62.2 Å². The van der Waals surface area contributed by atoms with Crippen LogP contribution in [-0.4, -0.2) is 24.4 Å². The number of benzene rings is 2. The third-order valence-electron chi connectivity index (χ3n) is 4.75. The second-order valence-electron chi connectivity index (χ2n) is 6.93. The molecular formula is C23H19Cl3N2O4S. The topological polar surface area (TPSA) is 84.5 Å². The quantitative estimate of drug-likeness (QED) is 0.339. The smallest absolute Gasteiger partial charge is 0.341 e. The van der Waals surface area contributed by atoms with Crippen LogP contribution in [0.1, 0.15) is 48.4 Å². The summed E-state index contributed by atoms with van der Waals surface area (Å²) in [5.74, 6) is -1.65. The van der Waals surface area contributed by atoms with E-state index in [0.717, 1.165) is 11.3 Å². The molecule has 0 fully saturated rings. The summed E-state index contributed by atoms with van der Waals surface area (Å²) in [6.07, 6.45) is 0. The highest BCUT2D eigenvalue weighted by Crippen LogP contribution is 2.35. The highest BCUT2D eigenvalue weighted by atomic mass is 35.5. The van der Waals surface area contributed by atoms with Crippen LogP contribution in [0.15, 0.2) is 36.4 Å². The zero-order valence-electron chi connectivity index (χ0n) is 17.8. The van der Waals surface area contributed by atoms with Crippen LogP contribution >= 0.6 is 46.1 Å². The number of hydrogen-bond acceptors (Lipinski definition) is 5. The first-order valence-corrected chi connectivity index (χ1v) is 11.7. The van der Waals surface area contributed by atoms with Gasteiger partial charge >= 0.3 is 5.97 Å². The van der Waals surface area contributed by atoms with E-state index in [1.54, 1.807) is 39.0 Å². The van der Waals surface area contributed by atoms with Crippen molar-refractivity contribution in [1.29, 1.82) is 0 Å². The maximum Gasteiger partial charge on any atom is 0.341 e. The Morgan fingerprint density at radius 1 is 0.939 bits per heavy atom. The van der Waals surface area contributed by atoms with Gasteiger partial charge in [0.2, 0.25) is 0 Å². The number of rotatable bonds is 6. The number of carbonyl (C=O) groups excluding carboxylic acids is 3. The van der Waals surface area contributed by atoms with Crippen LogP contribution < -0.4 is 10.6 Å². The van der Waals surface area contributed by atoms with Gasteiger partial charge in [-0.25, -0.2) is 4.79 Å². The molecule has 0 aliphatic rings. The molecule has 0 aliphatic carbocycles. The fraction of sp³-hybridized carbons (Fsp3) is 0.174. The van der Waals surface area contributed by atoms with E-state index in [1.165, 1.54) is 18.2 Å². The van der Waals surface area contributed by atoms with Crippen LogP contribution in [0.25, 0.3) is 0 Å². The Hall–Kier alpha value is -2.58. The summed E-state index contributed by atoms with van der Waals surface area (Å²) in [7, 11) is 0. The van der Waals surface area contributed by atoms with Crippen LogP contribution in [0.4, 0.5) is 10.7 Å². The molecule has 0 aliphatic heterocycles. The monoisotopic (exact) mass is 524 g/mol. The molecule has 1 heterocycles. The van der Waals surface area contributed by atoms with E-state index in [9.17, 15) is 14.4 Å². The predicted molar refractivity (Wildman–Crippen MR) is 134 cm³/mol. The molecule has 0 atom stereocenters. The van der Waals surface area contributed by atoms with Crippen LogP contribution in [0, 0.1) is 13.8 Å². The lowest BCUT2D eigenvalue weighted by Crippen LogP contribution is -2.15. The number of ether oxygens (including phenoxy) is 1. The molecule has 3 aromatic rings. The van der Waals surface area contributed by atoms with Gasteiger partial charge in [0.05, 0.1) is 27.6 Å². The lowest BCUT2D eigenvalue weighted by atomic mass is 10.1. The van der Waals surface area contributed by atoms with Crippen molar-refractivity contribution in [2.24, 2.45) is 0 Å². The second kappa shape index (κ2) is 10.6. The summed E-state index contributed by atoms with van der Waals surface area (Å²) < 4.78 is 5.15. The molecular weight excluding hydrogens is 507 g/mol. The van der Waals surface area contributed by atoms with Crippen molar-refractivity contribution < 1.29 is 19.1 Å². The Morgan fingerprint density at radius 3 is 2.33 bits per heavy atom. The highest BCUT2D eigenvalue weighted by Gasteiger charge is 2.27. The van der Waals surface area contributed by atoms with Gasteiger partial charge in [-0.1, -0.05) is 40.9 Å². The Kier molecular flexibility index (Phi) is 8.02. The third-order valence-corrected chi connectivity index (χ3v) is 6.91. The number of hydrogen-bond donors (Lipinski definition) is 2. The average molecular weight is 526 g/mol. The minimum atomic E-state index is -0.651. The van der Waals surface area contributed by atoms with E-state index in [1.807, 2.05) is 0 Å². The molecule has 0 spiro atoms. The van der Waals surface area contributed by atoms with Crippen molar-refractivity contribution >= 4 is 74.6 Å². The van der Waals surface area contributed by atoms with Gasteiger partial charge in [-0.3, -0.25) is 9.59 Å². The first kappa shape index (κ1) is 25.1. The second-order valence-corrected chi connectivity index (χ2v) is 9.20. The summed E-state index contributed by atoms with van der Waals surface area (Å²) in [6.45, 7) is 5.20. The van der Waals surface area contributed by atoms with Gasteiger partial charge in [0, 0.05) is 15.7 Å². The summed E-state index contributed by atoms with van der Waals surface area (Å²) in [5.41, 5.74) is 1.90.